The highest BCUT2D eigenvalue weighted by molar-refractivity contribution is 5.72. The lowest BCUT2D eigenvalue weighted by atomic mass is 10.1. The topological polar surface area (TPSA) is 78.9 Å². The van der Waals surface area contributed by atoms with E-state index in [4.69, 9.17) is 14.2 Å². The van der Waals surface area contributed by atoms with Gasteiger partial charge in [0.25, 0.3) is 0 Å². The molecule has 6 heteroatoms. The van der Waals surface area contributed by atoms with Gasteiger partial charge in [0.15, 0.2) is 6.10 Å². The minimum Gasteiger partial charge on any atom is -0.462 e. The maximum Gasteiger partial charge on any atom is 0.310 e. The highest BCUT2D eigenvalue weighted by Crippen LogP contribution is 2.14. The zero-order valence-corrected chi connectivity index (χ0v) is 40.6. The quantitative estimate of drug-likeness (QED) is 0.0262. The number of esters is 3. The second kappa shape index (κ2) is 50.5. The number of hydrogen-bond donors (Lipinski definition) is 0. The van der Waals surface area contributed by atoms with Crippen LogP contribution < -0.4 is 0 Å². The van der Waals surface area contributed by atoms with E-state index >= 15 is 0 Å². The summed E-state index contributed by atoms with van der Waals surface area (Å²) in [4.78, 5) is 37.8. The van der Waals surface area contributed by atoms with Gasteiger partial charge in [-0.1, -0.05) is 229 Å². The Balaban J connectivity index is 4.42. The Labute approximate surface area is 382 Å². The third-order valence-electron chi connectivity index (χ3n) is 11.0. The van der Waals surface area contributed by atoms with Crippen molar-refractivity contribution in [1.82, 2.24) is 0 Å². The monoisotopic (exact) mass is 865 g/mol. The van der Waals surface area contributed by atoms with E-state index in [1.807, 2.05) is 6.08 Å². The molecule has 62 heavy (non-hydrogen) atoms. The van der Waals surface area contributed by atoms with Crippen LogP contribution >= 0.6 is 0 Å². The zero-order valence-electron chi connectivity index (χ0n) is 40.6. The molecule has 0 aromatic carbocycles. The molecule has 0 aliphatic heterocycles. The van der Waals surface area contributed by atoms with Crippen molar-refractivity contribution in [1.29, 1.82) is 0 Å². The average Bonchev–Trinajstić information content (AvgIpc) is 3.27. The Morgan fingerprint density at radius 3 is 1.05 bits per heavy atom. The van der Waals surface area contributed by atoms with E-state index in [0.717, 1.165) is 70.6 Å². The van der Waals surface area contributed by atoms with Crippen molar-refractivity contribution in [3.8, 4) is 0 Å². The Morgan fingerprint density at radius 1 is 0.355 bits per heavy atom. The lowest BCUT2D eigenvalue weighted by Gasteiger charge is -2.18. The number of carbonyl (C=O) groups is 3. The van der Waals surface area contributed by atoms with E-state index in [1.54, 1.807) is 6.08 Å². The minimum absolute atomic E-state index is 0.0984. The molecule has 0 bridgehead atoms. The number of carbonyl (C=O) groups excluding carboxylic acids is 3. The molecule has 0 radical (unpaired) electrons. The second-order valence-corrected chi connectivity index (χ2v) is 17.1. The van der Waals surface area contributed by atoms with E-state index in [2.05, 4.69) is 81.5 Å². The predicted octanol–water partition coefficient (Wildman–Crippen LogP) is 17.0. The van der Waals surface area contributed by atoms with Crippen molar-refractivity contribution >= 4 is 17.9 Å². The van der Waals surface area contributed by atoms with Crippen molar-refractivity contribution in [2.75, 3.05) is 13.2 Å². The van der Waals surface area contributed by atoms with Gasteiger partial charge >= 0.3 is 17.9 Å². The summed E-state index contributed by atoms with van der Waals surface area (Å²) in [5.41, 5.74) is 0. The van der Waals surface area contributed by atoms with Gasteiger partial charge in [0.2, 0.25) is 0 Å². The molecule has 0 aromatic rings. The summed E-state index contributed by atoms with van der Waals surface area (Å²) in [5.74, 6) is -1.04. The summed E-state index contributed by atoms with van der Waals surface area (Å²) in [6.45, 7) is 6.42. The summed E-state index contributed by atoms with van der Waals surface area (Å²) in [6, 6.07) is 0. The third kappa shape index (κ3) is 47.9. The van der Waals surface area contributed by atoms with Crippen molar-refractivity contribution in [3.63, 3.8) is 0 Å². The number of unbranched alkanes of at least 4 members (excludes halogenated alkanes) is 24. The van der Waals surface area contributed by atoms with E-state index in [9.17, 15) is 14.4 Å². The van der Waals surface area contributed by atoms with Crippen LogP contribution in [0.15, 0.2) is 72.9 Å². The van der Waals surface area contributed by atoms with Gasteiger partial charge in [-0.15, -0.1) is 0 Å². The van der Waals surface area contributed by atoms with Crippen molar-refractivity contribution in [3.05, 3.63) is 72.9 Å². The average molecular weight is 865 g/mol. The van der Waals surface area contributed by atoms with Gasteiger partial charge in [0, 0.05) is 12.8 Å². The van der Waals surface area contributed by atoms with Crippen LogP contribution in [0.25, 0.3) is 0 Å². The fraction of sp³-hybridized carbons (Fsp3) is 0.732. The molecular weight excluding hydrogens is 769 g/mol. The van der Waals surface area contributed by atoms with Gasteiger partial charge in [-0.3, -0.25) is 14.4 Å². The largest absolute Gasteiger partial charge is 0.462 e. The molecule has 0 aliphatic rings. The molecule has 0 heterocycles. The fourth-order valence-corrected chi connectivity index (χ4v) is 7.10. The minimum atomic E-state index is -0.827. The molecule has 0 rings (SSSR count). The summed E-state index contributed by atoms with van der Waals surface area (Å²) in [6.07, 6.45) is 63.4. The van der Waals surface area contributed by atoms with Crippen LogP contribution in [0.3, 0.4) is 0 Å². The first-order valence-electron chi connectivity index (χ1n) is 25.9. The Hall–Kier alpha value is -3.15. The first-order chi connectivity index (χ1) is 30.5. The van der Waals surface area contributed by atoms with Gasteiger partial charge in [-0.25, -0.2) is 0 Å². The molecule has 0 aromatic heterocycles. The van der Waals surface area contributed by atoms with Crippen LogP contribution in [0.4, 0.5) is 0 Å². The van der Waals surface area contributed by atoms with Gasteiger partial charge in [-0.2, -0.15) is 0 Å². The second-order valence-electron chi connectivity index (χ2n) is 17.1. The Bertz CT molecular complexity index is 1180. The molecule has 0 saturated heterocycles. The summed E-state index contributed by atoms with van der Waals surface area (Å²) in [7, 11) is 0. The van der Waals surface area contributed by atoms with Gasteiger partial charge in [0.05, 0.1) is 6.42 Å². The molecule has 6 nitrogen and oxygen atoms in total. The van der Waals surface area contributed by atoms with Crippen molar-refractivity contribution < 1.29 is 28.6 Å². The smallest absolute Gasteiger partial charge is 0.310 e. The molecule has 0 aliphatic carbocycles. The van der Waals surface area contributed by atoms with Gasteiger partial charge < -0.3 is 14.2 Å². The van der Waals surface area contributed by atoms with Gasteiger partial charge in [-0.05, 0) is 70.6 Å². The number of rotatable bonds is 46. The molecule has 0 amide bonds. The normalized spacial score (nSPS) is 12.6. The Morgan fingerprint density at radius 2 is 0.677 bits per heavy atom. The van der Waals surface area contributed by atoms with Crippen LogP contribution in [0.5, 0.6) is 0 Å². The lowest BCUT2D eigenvalue weighted by Crippen LogP contribution is -2.30. The zero-order chi connectivity index (χ0) is 45.1. The van der Waals surface area contributed by atoms with Crippen LogP contribution in [0.1, 0.15) is 245 Å². The molecule has 1 unspecified atom stereocenters. The SMILES string of the molecule is CC/C=C\C/C=C\C/C=C\C/C=C\C/C=C\CC(=O)OC(COC(=O)CCCCCCCCCCCC)COC(=O)CCCCCCCCCCC/C=C\CCCCCCCC. The number of ether oxygens (including phenoxy) is 3. The van der Waals surface area contributed by atoms with E-state index in [-0.39, 0.29) is 31.6 Å². The van der Waals surface area contributed by atoms with Crippen LogP contribution in [0, 0.1) is 0 Å². The molecule has 0 saturated carbocycles. The molecule has 0 fully saturated rings. The number of hydrogen-bond acceptors (Lipinski definition) is 6. The van der Waals surface area contributed by atoms with E-state index < -0.39 is 12.1 Å². The molecule has 0 spiro atoms. The highest BCUT2D eigenvalue weighted by atomic mass is 16.6. The molecule has 356 valence electrons. The molecular formula is C56H96O6. The molecule has 1 atom stereocenters. The summed E-state index contributed by atoms with van der Waals surface area (Å²) in [5, 5.41) is 0. The molecule has 0 N–H and O–H groups in total. The fourth-order valence-electron chi connectivity index (χ4n) is 7.10. The van der Waals surface area contributed by atoms with Crippen LogP contribution in [-0.2, 0) is 28.6 Å². The van der Waals surface area contributed by atoms with E-state index in [0.29, 0.717) is 12.8 Å². The van der Waals surface area contributed by atoms with Gasteiger partial charge in [0.1, 0.15) is 13.2 Å². The number of allylic oxidation sites excluding steroid dienone is 11. The van der Waals surface area contributed by atoms with Crippen molar-refractivity contribution in [2.45, 2.75) is 252 Å². The van der Waals surface area contributed by atoms with E-state index in [1.165, 1.54) is 135 Å². The van der Waals surface area contributed by atoms with Crippen LogP contribution in [0.2, 0.25) is 0 Å². The lowest BCUT2D eigenvalue weighted by molar-refractivity contribution is -0.166. The van der Waals surface area contributed by atoms with Crippen molar-refractivity contribution in [2.24, 2.45) is 0 Å². The third-order valence-corrected chi connectivity index (χ3v) is 11.0. The first kappa shape index (κ1) is 58.9. The standard InChI is InChI=1S/C56H96O6/c1-4-7-10-13-16-19-22-24-26-27-28-29-31-32-34-37-40-43-46-49-55(58)61-52-53(51-60-54(57)48-45-42-39-36-21-18-15-12-9-6-3)62-56(59)50-47-44-41-38-35-33-30-25-23-20-17-14-11-8-5-2/h8,11,17,20,24-26,30,35,38,44,47,53H,4-7,9-10,12-16,18-19,21-23,27-29,31-34,36-37,39-43,45-46,48-52H2,1-3H3/b11-8-,20-17-,26-24-,30-25-,38-35-,47-44-. The highest BCUT2D eigenvalue weighted by Gasteiger charge is 2.19. The maximum absolute atomic E-state index is 12.7. The first-order valence-corrected chi connectivity index (χ1v) is 25.9. The predicted molar refractivity (Wildman–Crippen MR) is 265 cm³/mol. The maximum atomic E-state index is 12.7. The summed E-state index contributed by atoms with van der Waals surface area (Å²) < 4.78 is 16.7. The summed E-state index contributed by atoms with van der Waals surface area (Å²) >= 11 is 0. The van der Waals surface area contributed by atoms with Crippen LogP contribution in [-0.4, -0.2) is 37.2 Å². The Kier molecular flexibility index (Phi) is 47.9.